The summed E-state index contributed by atoms with van der Waals surface area (Å²) in [6, 6.07) is 7.73. The van der Waals surface area contributed by atoms with E-state index in [1.165, 1.54) is 12.5 Å². The van der Waals surface area contributed by atoms with Gasteiger partial charge >= 0.3 is 5.97 Å². The minimum absolute atomic E-state index is 0.0516. The van der Waals surface area contributed by atoms with Gasteiger partial charge in [0.1, 0.15) is 0 Å². The Kier molecular flexibility index (Phi) is 6.68. The average molecular weight is 396 g/mol. The molecule has 0 unspecified atom stereocenters. The lowest BCUT2D eigenvalue weighted by molar-refractivity contribution is -0.155. The minimum atomic E-state index is -3.06. The molecule has 0 bridgehead atoms. The number of rotatable bonds is 6. The molecule has 1 aliphatic heterocycles. The van der Waals surface area contributed by atoms with Crippen LogP contribution in [-0.4, -0.2) is 43.9 Å². The first-order valence-electron chi connectivity index (χ1n) is 9.26. The summed E-state index contributed by atoms with van der Waals surface area (Å²) in [5, 5.41) is 2.64. The number of carbonyl (C=O) groups excluding carboxylic acids is 2. The summed E-state index contributed by atoms with van der Waals surface area (Å²) < 4.78 is 28.0. The molecule has 1 amide bonds. The van der Waals surface area contributed by atoms with Crippen LogP contribution in [0, 0.1) is 0 Å². The monoisotopic (exact) mass is 395 g/mol. The van der Waals surface area contributed by atoms with Crippen LogP contribution in [0.15, 0.2) is 24.3 Å². The van der Waals surface area contributed by atoms with Crippen LogP contribution in [0.5, 0.6) is 0 Å². The molecule has 0 aromatic heterocycles. The fraction of sp³-hybridized carbons (Fsp3) is 0.600. The van der Waals surface area contributed by atoms with Crippen molar-refractivity contribution in [2.24, 2.45) is 0 Å². The van der Waals surface area contributed by atoms with Crippen LogP contribution in [0.25, 0.3) is 0 Å². The first-order valence-corrected chi connectivity index (χ1v) is 11.1. The first kappa shape index (κ1) is 21.4. The number of hydrogen-bond acceptors (Lipinski definition) is 5. The molecular weight excluding hydrogens is 366 g/mol. The predicted molar refractivity (Wildman–Crippen MR) is 104 cm³/mol. The van der Waals surface area contributed by atoms with Gasteiger partial charge in [0.05, 0.1) is 11.5 Å². The molecule has 1 fully saturated rings. The lowest BCUT2D eigenvalue weighted by Gasteiger charge is -2.19. The van der Waals surface area contributed by atoms with Crippen LogP contribution >= 0.6 is 0 Å². The number of nitrogens with one attached hydrogen (secondary N) is 1. The Bertz CT molecular complexity index is 778. The van der Waals surface area contributed by atoms with Crippen molar-refractivity contribution < 1.29 is 22.7 Å². The SMILES string of the molecule is C[C@@H](OC(=O)CCc1ccc(C(C)(C)C)cc1)C(=O)N[C@H]1CCS(=O)(=O)C1. The molecule has 150 valence electrons. The molecule has 1 saturated heterocycles. The molecule has 27 heavy (non-hydrogen) atoms. The highest BCUT2D eigenvalue weighted by molar-refractivity contribution is 7.91. The number of ether oxygens (including phenoxy) is 1. The summed E-state index contributed by atoms with van der Waals surface area (Å²) in [7, 11) is -3.06. The number of hydrogen-bond donors (Lipinski definition) is 1. The summed E-state index contributed by atoms with van der Waals surface area (Å²) in [4.78, 5) is 24.1. The normalized spacial score (nSPS) is 20.1. The van der Waals surface area contributed by atoms with Crippen molar-refractivity contribution in [3.05, 3.63) is 35.4 Å². The van der Waals surface area contributed by atoms with Gasteiger partial charge in [-0.25, -0.2) is 8.42 Å². The van der Waals surface area contributed by atoms with Gasteiger partial charge in [0, 0.05) is 12.5 Å². The Labute approximate surface area is 161 Å². The van der Waals surface area contributed by atoms with E-state index in [0.29, 0.717) is 12.8 Å². The second kappa shape index (κ2) is 8.42. The largest absolute Gasteiger partial charge is 0.453 e. The van der Waals surface area contributed by atoms with Crippen molar-refractivity contribution in [1.29, 1.82) is 0 Å². The smallest absolute Gasteiger partial charge is 0.306 e. The van der Waals surface area contributed by atoms with Crippen LogP contribution < -0.4 is 5.32 Å². The molecule has 1 aliphatic rings. The van der Waals surface area contributed by atoms with E-state index in [1.54, 1.807) is 0 Å². The predicted octanol–water partition coefficient (Wildman–Crippen LogP) is 2.15. The van der Waals surface area contributed by atoms with E-state index in [4.69, 9.17) is 4.74 Å². The average Bonchev–Trinajstić information content (AvgIpc) is 2.91. The molecule has 2 atom stereocenters. The lowest BCUT2D eigenvalue weighted by Crippen LogP contribution is -2.42. The molecule has 1 aromatic rings. The zero-order valence-electron chi connectivity index (χ0n) is 16.4. The third kappa shape index (κ3) is 6.65. The summed E-state index contributed by atoms with van der Waals surface area (Å²) in [5.74, 6) is -0.874. The van der Waals surface area contributed by atoms with Gasteiger partial charge in [0.2, 0.25) is 0 Å². The summed E-state index contributed by atoms with van der Waals surface area (Å²) in [6.45, 7) is 7.93. The van der Waals surface area contributed by atoms with Crippen LogP contribution in [0.2, 0.25) is 0 Å². The molecule has 6 nitrogen and oxygen atoms in total. The van der Waals surface area contributed by atoms with Crippen LogP contribution in [0.1, 0.15) is 51.7 Å². The molecule has 7 heteroatoms. The Morgan fingerprint density at radius 2 is 1.85 bits per heavy atom. The second-order valence-corrected chi connectivity index (χ2v) is 10.4. The summed E-state index contributed by atoms with van der Waals surface area (Å²) in [5.41, 5.74) is 2.35. The molecule has 0 radical (unpaired) electrons. The zero-order valence-corrected chi connectivity index (χ0v) is 17.3. The van der Waals surface area contributed by atoms with E-state index in [1.807, 2.05) is 12.1 Å². The van der Waals surface area contributed by atoms with Gasteiger partial charge < -0.3 is 10.1 Å². The Morgan fingerprint density at radius 1 is 1.22 bits per heavy atom. The molecule has 1 aromatic carbocycles. The maximum atomic E-state index is 12.1. The van der Waals surface area contributed by atoms with Gasteiger partial charge in [0.15, 0.2) is 15.9 Å². The van der Waals surface area contributed by atoms with Crippen molar-refractivity contribution in [2.75, 3.05) is 11.5 Å². The molecule has 0 saturated carbocycles. The number of amides is 1. The van der Waals surface area contributed by atoms with Gasteiger partial charge in [-0.1, -0.05) is 45.0 Å². The van der Waals surface area contributed by atoms with Crippen molar-refractivity contribution in [2.45, 2.75) is 64.5 Å². The highest BCUT2D eigenvalue weighted by Gasteiger charge is 2.30. The molecular formula is C20H29NO5S. The Morgan fingerprint density at radius 3 is 2.37 bits per heavy atom. The summed E-state index contributed by atoms with van der Waals surface area (Å²) >= 11 is 0. The topological polar surface area (TPSA) is 89.5 Å². The summed E-state index contributed by atoms with van der Waals surface area (Å²) in [6.07, 6.45) is 0.186. The Balaban J connectivity index is 1.77. The zero-order chi connectivity index (χ0) is 20.2. The minimum Gasteiger partial charge on any atom is -0.453 e. The Hall–Kier alpha value is -1.89. The number of carbonyl (C=O) groups is 2. The standard InChI is InChI=1S/C20H29NO5S/c1-14(19(23)21-17-11-12-27(24,25)13-17)26-18(22)10-7-15-5-8-16(9-6-15)20(2,3)4/h5-6,8-9,14,17H,7,10-13H2,1-4H3,(H,21,23)/t14-,17+/m1/s1. The molecule has 2 rings (SSSR count). The van der Waals surface area contributed by atoms with Gasteiger partial charge in [-0.2, -0.15) is 0 Å². The van der Waals surface area contributed by atoms with Crippen LogP contribution in [-0.2, 0) is 36.0 Å². The highest BCUT2D eigenvalue weighted by Crippen LogP contribution is 2.22. The van der Waals surface area contributed by atoms with Crippen molar-refractivity contribution in [1.82, 2.24) is 5.32 Å². The third-order valence-electron chi connectivity index (χ3n) is 4.69. The fourth-order valence-electron chi connectivity index (χ4n) is 2.95. The van der Waals surface area contributed by atoms with Gasteiger partial charge in [-0.15, -0.1) is 0 Å². The van der Waals surface area contributed by atoms with Gasteiger partial charge in [0.25, 0.3) is 5.91 Å². The van der Waals surface area contributed by atoms with E-state index in [9.17, 15) is 18.0 Å². The van der Waals surface area contributed by atoms with Crippen molar-refractivity contribution >= 4 is 21.7 Å². The second-order valence-electron chi connectivity index (χ2n) is 8.19. The maximum Gasteiger partial charge on any atom is 0.306 e. The van der Waals surface area contributed by atoms with Crippen LogP contribution in [0.4, 0.5) is 0 Å². The number of aryl methyl sites for hydroxylation is 1. The van der Waals surface area contributed by atoms with Crippen molar-refractivity contribution in [3.63, 3.8) is 0 Å². The number of benzene rings is 1. The third-order valence-corrected chi connectivity index (χ3v) is 6.46. The van der Waals surface area contributed by atoms with Gasteiger partial charge in [-0.05, 0) is 36.3 Å². The lowest BCUT2D eigenvalue weighted by atomic mass is 9.86. The van der Waals surface area contributed by atoms with E-state index in [-0.39, 0.29) is 23.3 Å². The molecule has 0 aliphatic carbocycles. The van der Waals surface area contributed by atoms with Gasteiger partial charge in [-0.3, -0.25) is 9.59 Å². The molecule has 1 N–H and O–H groups in total. The quantitative estimate of drug-likeness (QED) is 0.746. The highest BCUT2D eigenvalue weighted by atomic mass is 32.2. The van der Waals surface area contributed by atoms with E-state index < -0.39 is 33.9 Å². The number of esters is 1. The van der Waals surface area contributed by atoms with E-state index >= 15 is 0 Å². The van der Waals surface area contributed by atoms with Crippen LogP contribution in [0.3, 0.4) is 0 Å². The van der Waals surface area contributed by atoms with E-state index in [0.717, 1.165) is 5.56 Å². The number of sulfone groups is 1. The first-order chi connectivity index (χ1) is 12.5. The van der Waals surface area contributed by atoms with E-state index in [2.05, 4.69) is 38.2 Å². The molecule has 0 spiro atoms. The fourth-order valence-corrected chi connectivity index (χ4v) is 4.63. The van der Waals surface area contributed by atoms with Crippen molar-refractivity contribution in [3.8, 4) is 0 Å². The maximum absolute atomic E-state index is 12.1. The molecule has 1 heterocycles.